The van der Waals surface area contributed by atoms with Gasteiger partial charge in [0.05, 0.1) is 0 Å². The molecule has 0 aromatic heterocycles. The van der Waals surface area contributed by atoms with E-state index in [0.29, 0.717) is 0 Å². The number of ether oxygens (including phenoxy) is 1. The molecule has 0 aliphatic heterocycles. The second-order valence-electron chi connectivity index (χ2n) is 3.13. The van der Waals surface area contributed by atoms with Gasteiger partial charge in [-0.05, 0) is 24.6 Å². The molecule has 1 heteroatoms. The highest BCUT2D eigenvalue weighted by atomic mass is 16.5. The Morgan fingerprint density at radius 3 is 1.27 bits per heavy atom. The van der Waals surface area contributed by atoms with Gasteiger partial charge in [-0.3, -0.25) is 0 Å². The number of hydrogen-bond donors (Lipinski definition) is 0. The van der Waals surface area contributed by atoms with Crippen molar-refractivity contribution in [2.75, 3.05) is 13.2 Å². The third kappa shape index (κ3) is 4.13. The van der Waals surface area contributed by atoms with Crippen LogP contribution in [-0.2, 0) is 4.74 Å². The standard InChI is InChI=1S/C10H8.C4H10O/c1-2-6-10-8-4-3-7-9(10)5-1;1-3-5-4-2/h1-8H;3-4H2,1-2H3. The van der Waals surface area contributed by atoms with E-state index < -0.39 is 0 Å². The van der Waals surface area contributed by atoms with Crippen molar-refractivity contribution < 1.29 is 4.74 Å². The van der Waals surface area contributed by atoms with Gasteiger partial charge in [-0.1, -0.05) is 48.5 Å². The molecule has 1 nitrogen and oxygen atoms in total. The molecule has 0 atom stereocenters. The maximum Gasteiger partial charge on any atom is 0.0437 e. The Labute approximate surface area is 91.7 Å². The van der Waals surface area contributed by atoms with Gasteiger partial charge in [-0.2, -0.15) is 0 Å². The van der Waals surface area contributed by atoms with Crippen LogP contribution in [0.2, 0.25) is 0 Å². The summed E-state index contributed by atoms with van der Waals surface area (Å²) < 4.78 is 4.83. The SMILES string of the molecule is CCOCC.c1ccc2ccccc2c1. The second-order valence-corrected chi connectivity index (χ2v) is 3.13. The Balaban J connectivity index is 0.000000195. The molecule has 80 valence electrons. The lowest BCUT2D eigenvalue weighted by Gasteiger charge is -1.92. The first-order valence-corrected chi connectivity index (χ1v) is 5.40. The van der Waals surface area contributed by atoms with Gasteiger partial charge in [0.25, 0.3) is 0 Å². The fourth-order valence-corrected chi connectivity index (χ4v) is 1.34. The molecule has 0 aliphatic carbocycles. The molecule has 0 amide bonds. The van der Waals surface area contributed by atoms with E-state index in [1.807, 2.05) is 13.8 Å². The molecule has 0 bridgehead atoms. The number of benzene rings is 2. The predicted octanol–water partition coefficient (Wildman–Crippen LogP) is 3.88. The number of hydrogen-bond acceptors (Lipinski definition) is 1. The summed E-state index contributed by atoms with van der Waals surface area (Å²) in [5.74, 6) is 0. The molecule has 0 saturated carbocycles. The lowest BCUT2D eigenvalue weighted by molar-refractivity contribution is 0.162. The maximum absolute atomic E-state index is 4.83. The predicted molar refractivity (Wildman–Crippen MR) is 66.1 cm³/mol. The van der Waals surface area contributed by atoms with Crippen LogP contribution in [0.3, 0.4) is 0 Å². The van der Waals surface area contributed by atoms with Crippen LogP contribution in [0.25, 0.3) is 10.8 Å². The molecule has 0 saturated heterocycles. The minimum atomic E-state index is 0.844. The fourth-order valence-electron chi connectivity index (χ4n) is 1.34. The Kier molecular flexibility index (Phi) is 5.49. The molecule has 2 aromatic rings. The zero-order valence-electron chi connectivity index (χ0n) is 9.44. The zero-order valence-corrected chi connectivity index (χ0v) is 9.44. The Hall–Kier alpha value is -1.34. The molecule has 0 heterocycles. The largest absolute Gasteiger partial charge is 0.382 e. The average Bonchev–Trinajstić information content (AvgIpc) is 2.31. The van der Waals surface area contributed by atoms with Gasteiger partial charge in [0, 0.05) is 13.2 Å². The van der Waals surface area contributed by atoms with E-state index in [2.05, 4.69) is 48.5 Å². The Bertz CT molecular complexity index is 314. The summed E-state index contributed by atoms with van der Waals surface area (Å²) in [7, 11) is 0. The topological polar surface area (TPSA) is 9.23 Å². The van der Waals surface area contributed by atoms with Crippen LogP contribution in [0.1, 0.15) is 13.8 Å². The first kappa shape index (κ1) is 11.7. The third-order valence-electron chi connectivity index (χ3n) is 2.07. The molecule has 0 N–H and O–H groups in total. The Morgan fingerprint density at radius 1 is 0.733 bits per heavy atom. The van der Waals surface area contributed by atoms with Crippen molar-refractivity contribution >= 4 is 10.8 Å². The van der Waals surface area contributed by atoms with Gasteiger partial charge in [0.15, 0.2) is 0 Å². The molecule has 2 aromatic carbocycles. The van der Waals surface area contributed by atoms with Gasteiger partial charge in [0.2, 0.25) is 0 Å². The molecule has 15 heavy (non-hydrogen) atoms. The minimum absolute atomic E-state index is 0.844. The molecular weight excluding hydrogens is 184 g/mol. The van der Waals surface area contributed by atoms with Gasteiger partial charge in [0.1, 0.15) is 0 Å². The lowest BCUT2D eigenvalue weighted by atomic mass is 10.1. The highest BCUT2D eigenvalue weighted by Crippen LogP contribution is 2.11. The van der Waals surface area contributed by atoms with E-state index in [1.165, 1.54) is 10.8 Å². The zero-order chi connectivity index (χ0) is 10.9. The summed E-state index contributed by atoms with van der Waals surface area (Å²) in [4.78, 5) is 0. The van der Waals surface area contributed by atoms with E-state index in [-0.39, 0.29) is 0 Å². The van der Waals surface area contributed by atoms with Crippen LogP contribution in [0.4, 0.5) is 0 Å². The van der Waals surface area contributed by atoms with Crippen molar-refractivity contribution in [3.05, 3.63) is 48.5 Å². The molecule has 2 rings (SSSR count). The van der Waals surface area contributed by atoms with E-state index in [4.69, 9.17) is 4.74 Å². The van der Waals surface area contributed by atoms with E-state index in [1.54, 1.807) is 0 Å². The fraction of sp³-hybridized carbons (Fsp3) is 0.286. The third-order valence-corrected chi connectivity index (χ3v) is 2.07. The average molecular weight is 202 g/mol. The summed E-state index contributed by atoms with van der Waals surface area (Å²) >= 11 is 0. The number of rotatable bonds is 2. The van der Waals surface area contributed by atoms with Crippen LogP contribution >= 0.6 is 0 Å². The van der Waals surface area contributed by atoms with Crippen LogP contribution < -0.4 is 0 Å². The summed E-state index contributed by atoms with van der Waals surface area (Å²) in [6, 6.07) is 16.7. The van der Waals surface area contributed by atoms with Crippen LogP contribution in [-0.4, -0.2) is 13.2 Å². The molecule has 0 aliphatic rings. The summed E-state index contributed by atoms with van der Waals surface area (Å²) in [5.41, 5.74) is 0. The van der Waals surface area contributed by atoms with Crippen LogP contribution in [0.15, 0.2) is 48.5 Å². The van der Waals surface area contributed by atoms with E-state index >= 15 is 0 Å². The highest BCUT2D eigenvalue weighted by molar-refractivity contribution is 5.81. The quantitative estimate of drug-likeness (QED) is 0.718. The van der Waals surface area contributed by atoms with Crippen molar-refractivity contribution in [3.8, 4) is 0 Å². The van der Waals surface area contributed by atoms with Gasteiger partial charge in [-0.25, -0.2) is 0 Å². The van der Waals surface area contributed by atoms with Crippen LogP contribution in [0.5, 0.6) is 0 Å². The van der Waals surface area contributed by atoms with Gasteiger partial charge >= 0.3 is 0 Å². The molecular formula is C14H18O. The maximum atomic E-state index is 4.83. The number of fused-ring (bicyclic) bond motifs is 1. The molecule has 0 unspecified atom stereocenters. The monoisotopic (exact) mass is 202 g/mol. The first-order valence-electron chi connectivity index (χ1n) is 5.40. The minimum Gasteiger partial charge on any atom is -0.382 e. The van der Waals surface area contributed by atoms with Crippen molar-refractivity contribution in [3.63, 3.8) is 0 Å². The molecule has 0 fully saturated rings. The van der Waals surface area contributed by atoms with E-state index in [0.717, 1.165) is 13.2 Å². The summed E-state index contributed by atoms with van der Waals surface area (Å²) in [6.07, 6.45) is 0. The second kappa shape index (κ2) is 7.02. The van der Waals surface area contributed by atoms with E-state index in [9.17, 15) is 0 Å². The molecule has 0 radical (unpaired) electrons. The lowest BCUT2D eigenvalue weighted by Crippen LogP contribution is -1.84. The van der Waals surface area contributed by atoms with Crippen molar-refractivity contribution in [2.45, 2.75) is 13.8 Å². The van der Waals surface area contributed by atoms with Crippen molar-refractivity contribution in [2.24, 2.45) is 0 Å². The van der Waals surface area contributed by atoms with Gasteiger partial charge in [-0.15, -0.1) is 0 Å². The smallest absolute Gasteiger partial charge is 0.0437 e. The van der Waals surface area contributed by atoms with Crippen molar-refractivity contribution in [1.82, 2.24) is 0 Å². The van der Waals surface area contributed by atoms with Gasteiger partial charge < -0.3 is 4.74 Å². The summed E-state index contributed by atoms with van der Waals surface area (Å²) in [5, 5.41) is 2.62. The highest BCUT2D eigenvalue weighted by Gasteiger charge is 1.85. The summed E-state index contributed by atoms with van der Waals surface area (Å²) in [6.45, 7) is 5.67. The van der Waals surface area contributed by atoms with Crippen LogP contribution in [0, 0.1) is 0 Å². The van der Waals surface area contributed by atoms with Crippen molar-refractivity contribution in [1.29, 1.82) is 0 Å². The normalized spacial score (nSPS) is 9.47. The molecule has 0 spiro atoms. The Morgan fingerprint density at radius 2 is 1.07 bits per heavy atom. The first-order chi connectivity index (χ1) is 7.38.